The number of esters is 1. The predicted octanol–water partition coefficient (Wildman–Crippen LogP) is 9.13. The van der Waals surface area contributed by atoms with Crippen LogP contribution in [0, 0.1) is 5.41 Å². The predicted molar refractivity (Wildman–Crippen MR) is 201 cm³/mol. The molecule has 0 saturated heterocycles. The maximum Gasteiger partial charge on any atom is 0.471 e. The summed E-state index contributed by atoms with van der Waals surface area (Å²) in [6.45, 7) is 42.8. The van der Waals surface area contributed by atoms with E-state index in [1.54, 1.807) is 11.8 Å². The van der Waals surface area contributed by atoms with Crippen molar-refractivity contribution in [3.63, 3.8) is 0 Å². The molecule has 0 aliphatic heterocycles. The van der Waals surface area contributed by atoms with Crippen molar-refractivity contribution in [3.05, 3.63) is 0 Å². The molecule has 0 aliphatic rings. The zero-order valence-corrected chi connectivity index (χ0v) is 39.3. The molecule has 0 bridgehead atoms. The van der Waals surface area contributed by atoms with Crippen LogP contribution in [-0.4, -0.2) is 82.5 Å². The number of hydrogen-bond acceptors (Lipinski definition) is 9. The van der Waals surface area contributed by atoms with Gasteiger partial charge in [0, 0.05) is 23.1 Å². The number of ether oxygens (including phenoxy) is 1. The fraction of sp³-hybridized carbons (Fsp3) is 0.963. The Morgan fingerprint density at radius 2 is 0.977 bits per heavy atom. The second-order valence-electron chi connectivity index (χ2n) is 17.5. The standard InChI is InChI=1S/C27H68O8SSi7/c1-26(2,3)36-24-27(4,5)25(28)29-22-21-23-43(32-39(12,13)14,33-40(15,16)17)35-41(18,19)34-42(20,30-37(6,7)8)31-38(9,10)11/h21-24H2,1-20H3. The quantitative estimate of drug-likeness (QED) is 0.0730. The molecule has 0 radical (unpaired) electrons. The molecule has 0 amide bonds. The first kappa shape index (κ1) is 44.1. The van der Waals surface area contributed by atoms with Gasteiger partial charge >= 0.3 is 32.1 Å². The van der Waals surface area contributed by atoms with Crippen molar-refractivity contribution < 1.29 is 34.2 Å². The SMILES string of the molecule is CC(C)(C)SCC(C)(C)C(=O)OCCC[Si](O[Si](C)(C)C)(O[Si](C)(C)C)O[Si](C)(C)O[Si](C)(O[Si](C)(C)C)O[Si](C)(C)C. The lowest BCUT2D eigenvalue weighted by atomic mass is 9.97. The Labute approximate surface area is 277 Å². The Bertz CT molecular complexity index is 854. The van der Waals surface area contributed by atoms with Gasteiger partial charge in [-0.1, -0.05) is 20.8 Å². The summed E-state index contributed by atoms with van der Waals surface area (Å²) >= 11 is 1.78. The van der Waals surface area contributed by atoms with E-state index in [0.29, 0.717) is 18.2 Å². The lowest BCUT2D eigenvalue weighted by molar-refractivity contribution is -0.152. The van der Waals surface area contributed by atoms with Gasteiger partial charge < -0.3 is 29.4 Å². The van der Waals surface area contributed by atoms with Gasteiger partial charge in [0.2, 0.25) is 0 Å². The number of thioether (sulfide) groups is 1. The summed E-state index contributed by atoms with van der Waals surface area (Å²) in [6.07, 6.45) is 0.589. The Morgan fingerprint density at radius 1 is 0.581 bits per heavy atom. The maximum absolute atomic E-state index is 13.0. The average molecular weight is 750 g/mol. The summed E-state index contributed by atoms with van der Waals surface area (Å²) in [4.78, 5) is 13.0. The Hall–Kier alpha value is 1.10. The molecule has 0 saturated carbocycles. The minimum absolute atomic E-state index is 0.0837. The molecule has 0 rings (SSSR count). The average Bonchev–Trinajstić information content (AvgIpc) is 2.61. The van der Waals surface area contributed by atoms with Crippen LogP contribution in [0.1, 0.15) is 41.0 Å². The zero-order valence-electron chi connectivity index (χ0n) is 31.5. The molecular weight excluding hydrogens is 681 g/mol. The van der Waals surface area contributed by atoms with Gasteiger partial charge in [0.1, 0.15) is 0 Å². The molecule has 0 spiro atoms. The van der Waals surface area contributed by atoms with Crippen LogP contribution in [0.25, 0.3) is 0 Å². The molecule has 0 heterocycles. The van der Waals surface area contributed by atoms with Gasteiger partial charge in [0.15, 0.2) is 33.3 Å². The van der Waals surface area contributed by atoms with Crippen molar-refractivity contribution in [1.82, 2.24) is 0 Å². The second-order valence-corrected chi connectivity index (χ2v) is 47.5. The van der Waals surface area contributed by atoms with E-state index in [4.69, 9.17) is 29.4 Å². The summed E-state index contributed by atoms with van der Waals surface area (Å²) < 4.78 is 47.1. The van der Waals surface area contributed by atoms with E-state index in [1.807, 2.05) is 20.4 Å². The van der Waals surface area contributed by atoms with Crippen LogP contribution in [0.2, 0.25) is 104 Å². The Balaban J connectivity index is 6.17. The van der Waals surface area contributed by atoms with Crippen molar-refractivity contribution in [2.45, 2.75) is 150 Å². The van der Waals surface area contributed by atoms with Gasteiger partial charge in [-0.25, -0.2) is 0 Å². The second kappa shape index (κ2) is 15.5. The van der Waals surface area contributed by atoms with Crippen molar-refractivity contribution in [2.75, 3.05) is 12.4 Å². The number of carbonyl (C=O) groups excluding carboxylic acids is 1. The van der Waals surface area contributed by atoms with Crippen LogP contribution in [0.4, 0.5) is 0 Å². The molecule has 16 heteroatoms. The number of hydrogen-bond donors (Lipinski definition) is 0. The molecule has 0 aromatic carbocycles. The molecule has 43 heavy (non-hydrogen) atoms. The van der Waals surface area contributed by atoms with Crippen LogP contribution in [0.5, 0.6) is 0 Å². The molecule has 0 aliphatic carbocycles. The van der Waals surface area contributed by atoms with E-state index in [0.717, 1.165) is 0 Å². The fourth-order valence-corrected chi connectivity index (χ4v) is 33.7. The van der Waals surface area contributed by atoms with Gasteiger partial charge in [-0.2, -0.15) is 11.8 Å². The molecular formula is C27H68O8SSi7. The van der Waals surface area contributed by atoms with Gasteiger partial charge in [-0.15, -0.1) is 0 Å². The minimum Gasteiger partial charge on any atom is -0.465 e. The van der Waals surface area contributed by atoms with E-state index in [1.165, 1.54) is 0 Å². The fourth-order valence-electron chi connectivity index (χ4n) is 4.27. The highest BCUT2D eigenvalue weighted by molar-refractivity contribution is 8.00. The zero-order chi connectivity index (χ0) is 34.6. The highest BCUT2D eigenvalue weighted by Gasteiger charge is 2.55. The van der Waals surface area contributed by atoms with Crippen LogP contribution < -0.4 is 0 Å². The first-order valence-electron chi connectivity index (χ1n) is 15.6. The number of carbonyl (C=O) groups is 1. The Kier molecular flexibility index (Phi) is 15.9. The Morgan fingerprint density at radius 3 is 1.33 bits per heavy atom. The number of rotatable bonds is 19. The normalized spacial score (nSPS) is 15.2. The van der Waals surface area contributed by atoms with Gasteiger partial charge in [0.25, 0.3) is 0 Å². The first-order valence-corrected chi connectivity index (χ1v) is 37.2. The molecule has 8 nitrogen and oxygen atoms in total. The largest absolute Gasteiger partial charge is 0.471 e. The van der Waals surface area contributed by atoms with Crippen LogP contribution >= 0.6 is 11.8 Å². The molecule has 0 fully saturated rings. The third kappa shape index (κ3) is 21.6. The summed E-state index contributed by atoms with van der Waals surface area (Å²) in [5.41, 5.74) is -0.572. The summed E-state index contributed by atoms with van der Waals surface area (Å²) in [5, 5.41) is 0. The summed E-state index contributed by atoms with van der Waals surface area (Å²) in [7, 11) is -17.4. The molecule has 258 valence electrons. The molecule has 0 atom stereocenters. The van der Waals surface area contributed by atoms with E-state index >= 15 is 0 Å². The highest BCUT2D eigenvalue weighted by Crippen LogP contribution is 2.34. The maximum atomic E-state index is 13.0. The van der Waals surface area contributed by atoms with E-state index in [2.05, 4.69) is 112 Å². The third-order valence-corrected chi connectivity index (χ3v) is 29.6. The lowest BCUT2D eigenvalue weighted by Crippen LogP contribution is -2.65. The lowest BCUT2D eigenvalue weighted by Gasteiger charge is -2.46. The van der Waals surface area contributed by atoms with Crippen molar-refractivity contribution in [1.29, 1.82) is 0 Å². The minimum atomic E-state index is -3.28. The van der Waals surface area contributed by atoms with Crippen LogP contribution in [-0.2, 0) is 34.2 Å². The summed E-state index contributed by atoms with van der Waals surface area (Å²) in [6, 6.07) is 0.549. The van der Waals surface area contributed by atoms with E-state index < -0.39 is 64.9 Å². The van der Waals surface area contributed by atoms with Crippen molar-refractivity contribution >= 4 is 77.2 Å². The van der Waals surface area contributed by atoms with E-state index in [9.17, 15) is 4.79 Å². The highest BCUT2D eigenvalue weighted by atomic mass is 32.2. The first-order chi connectivity index (χ1) is 18.6. The summed E-state index contributed by atoms with van der Waals surface area (Å²) in [5.74, 6) is 0.523. The topological polar surface area (TPSA) is 81.7 Å². The molecule has 0 unspecified atom stereocenters. The third-order valence-electron chi connectivity index (χ3n) is 5.02. The molecule has 0 aromatic rings. The van der Waals surface area contributed by atoms with Crippen molar-refractivity contribution in [3.8, 4) is 0 Å². The van der Waals surface area contributed by atoms with Gasteiger partial charge in [-0.3, -0.25) is 4.79 Å². The smallest absolute Gasteiger partial charge is 0.465 e. The van der Waals surface area contributed by atoms with Crippen molar-refractivity contribution in [2.24, 2.45) is 5.41 Å². The van der Waals surface area contributed by atoms with Gasteiger partial charge in [-0.05, 0) is 112 Å². The molecule has 0 N–H and O–H groups in total. The van der Waals surface area contributed by atoms with Gasteiger partial charge in [0.05, 0.1) is 12.0 Å². The van der Waals surface area contributed by atoms with E-state index in [-0.39, 0.29) is 17.3 Å². The molecule has 0 aromatic heterocycles. The van der Waals surface area contributed by atoms with Crippen LogP contribution in [0.15, 0.2) is 0 Å². The van der Waals surface area contributed by atoms with Crippen LogP contribution in [0.3, 0.4) is 0 Å². The monoisotopic (exact) mass is 748 g/mol.